The number of halogens is 2. The van der Waals surface area contributed by atoms with Crippen LogP contribution in [-0.2, 0) is 6.54 Å². The number of amidine groups is 1. The number of ether oxygens (including phenoxy) is 1. The fourth-order valence-corrected chi connectivity index (χ4v) is 4.50. The van der Waals surface area contributed by atoms with Crippen molar-refractivity contribution in [2.75, 3.05) is 37.0 Å². The number of anilines is 2. The molecule has 0 radical (unpaired) electrons. The van der Waals surface area contributed by atoms with Gasteiger partial charge in [0.05, 0.1) is 17.4 Å². The van der Waals surface area contributed by atoms with Gasteiger partial charge in [-0.3, -0.25) is 14.6 Å². The zero-order valence-corrected chi connectivity index (χ0v) is 22.5. The number of aryl methyl sites for hydroxylation is 1. The Labute approximate surface area is 227 Å². The average Bonchev–Trinajstić information content (AvgIpc) is 3.41. The molecule has 0 saturated carbocycles. The van der Waals surface area contributed by atoms with Gasteiger partial charge >= 0.3 is 0 Å². The molecule has 6 N–H and O–H groups in total. The smallest absolute Gasteiger partial charge is 0.202 e. The molecule has 10 nitrogen and oxygen atoms in total. The van der Waals surface area contributed by atoms with E-state index in [1.807, 2.05) is 10.9 Å². The number of hydrogen-bond donors (Lipinski definition) is 3. The number of nitrogen functional groups attached to an aromatic ring is 1. The fourth-order valence-electron chi connectivity index (χ4n) is 4.50. The quantitative estimate of drug-likeness (QED) is 0.153. The van der Waals surface area contributed by atoms with Gasteiger partial charge < -0.3 is 16.3 Å². The highest BCUT2D eigenvalue weighted by atomic mass is 19.2. The second kappa shape index (κ2) is 12.9. The Hall–Kier alpha value is -3.77. The second-order valence-corrected chi connectivity index (χ2v) is 10.1. The Morgan fingerprint density at radius 3 is 2.59 bits per heavy atom. The summed E-state index contributed by atoms with van der Waals surface area (Å²) in [4.78, 5) is 6.49. The van der Waals surface area contributed by atoms with Gasteiger partial charge in [0.1, 0.15) is 12.4 Å². The summed E-state index contributed by atoms with van der Waals surface area (Å²) in [6.07, 6.45) is 9.70. The van der Waals surface area contributed by atoms with Gasteiger partial charge in [-0.25, -0.2) is 15.2 Å². The molecular weight excluding hydrogens is 504 g/mol. The van der Waals surface area contributed by atoms with Gasteiger partial charge in [-0.15, -0.1) is 0 Å². The Kier molecular flexibility index (Phi) is 9.31. The van der Waals surface area contributed by atoms with Crippen molar-refractivity contribution >= 4 is 17.3 Å². The van der Waals surface area contributed by atoms with Crippen LogP contribution in [0.3, 0.4) is 0 Å². The molecule has 1 saturated heterocycles. The molecule has 0 spiro atoms. The van der Waals surface area contributed by atoms with Crippen molar-refractivity contribution in [2.45, 2.75) is 46.1 Å². The number of nitrogens with zero attached hydrogens (tertiary/aromatic N) is 6. The molecule has 210 valence electrons. The molecule has 1 aliphatic rings. The topological polar surface area (TPSA) is 137 Å². The van der Waals surface area contributed by atoms with Crippen LogP contribution in [0.4, 0.5) is 20.3 Å². The molecule has 39 heavy (non-hydrogen) atoms. The van der Waals surface area contributed by atoms with Gasteiger partial charge in [0.15, 0.2) is 17.4 Å². The van der Waals surface area contributed by atoms with E-state index in [1.54, 1.807) is 18.5 Å². The lowest BCUT2D eigenvalue weighted by atomic mass is 10.1. The Morgan fingerprint density at radius 2 is 1.87 bits per heavy atom. The van der Waals surface area contributed by atoms with Crippen LogP contribution in [0, 0.1) is 17.6 Å². The van der Waals surface area contributed by atoms with E-state index < -0.39 is 11.6 Å². The summed E-state index contributed by atoms with van der Waals surface area (Å²) in [6, 6.07) is 4.33. The second-order valence-electron chi connectivity index (χ2n) is 10.1. The van der Waals surface area contributed by atoms with Gasteiger partial charge in [0.2, 0.25) is 5.82 Å². The van der Waals surface area contributed by atoms with Gasteiger partial charge in [-0.05, 0) is 56.5 Å². The van der Waals surface area contributed by atoms with Crippen LogP contribution in [0.25, 0.3) is 11.1 Å². The molecule has 1 aromatic carbocycles. The van der Waals surface area contributed by atoms with Crippen LogP contribution in [0.5, 0.6) is 5.75 Å². The van der Waals surface area contributed by atoms with Crippen molar-refractivity contribution in [2.24, 2.45) is 22.7 Å². The minimum atomic E-state index is -1.19. The van der Waals surface area contributed by atoms with E-state index in [9.17, 15) is 4.39 Å². The monoisotopic (exact) mass is 541 g/mol. The number of hydrogen-bond acceptors (Lipinski definition) is 8. The molecule has 3 aromatic rings. The SMILES string of the molecule is CC(C)CCn1cc(-c2cnc(N)c(/C(=N/N)N(N)c3ccc(OCCN4CCCCC4)c(F)c3F)c2)cn1. The van der Waals surface area contributed by atoms with Crippen molar-refractivity contribution in [3.8, 4) is 16.9 Å². The van der Waals surface area contributed by atoms with Crippen LogP contribution in [0.1, 0.15) is 45.1 Å². The van der Waals surface area contributed by atoms with Crippen molar-refractivity contribution in [1.82, 2.24) is 19.7 Å². The summed E-state index contributed by atoms with van der Waals surface area (Å²) in [6.45, 7) is 7.96. The lowest BCUT2D eigenvalue weighted by Crippen LogP contribution is -2.40. The number of piperidine rings is 1. The minimum Gasteiger partial charge on any atom is -0.489 e. The zero-order valence-electron chi connectivity index (χ0n) is 22.5. The summed E-state index contributed by atoms with van der Waals surface area (Å²) < 4.78 is 37.5. The van der Waals surface area contributed by atoms with E-state index in [2.05, 4.69) is 33.9 Å². The van der Waals surface area contributed by atoms with E-state index >= 15 is 4.39 Å². The first kappa shape index (κ1) is 28.2. The molecule has 0 amide bonds. The van der Waals surface area contributed by atoms with Gasteiger partial charge in [-0.2, -0.15) is 14.6 Å². The minimum absolute atomic E-state index is 0.0733. The summed E-state index contributed by atoms with van der Waals surface area (Å²) in [5.74, 6) is 9.85. The maximum Gasteiger partial charge on any atom is 0.202 e. The number of aromatic nitrogens is 3. The number of likely N-dealkylation sites (tertiary alicyclic amines) is 1. The lowest BCUT2D eigenvalue weighted by molar-refractivity contribution is 0.179. The maximum absolute atomic E-state index is 15.1. The Bertz CT molecular complexity index is 1290. The molecule has 2 aromatic heterocycles. The number of benzene rings is 1. The van der Waals surface area contributed by atoms with E-state index in [0.29, 0.717) is 18.0 Å². The van der Waals surface area contributed by atoms with Crippen LogP contribution >= 0.6 is 0 Å². The molecule has 0 unspecified atom stereocenters. The third-order valence-electron chi connectivity index (χ3n) is 6.81. The van der Waals surface area contributed by atoms with Gasteiger partial charge in [0, 0.05) is 36.6 Å². The number of hydrazine groups is 1. The highest BCUT2D eigenvalue weighted by Crippen LogP contribution is 2.30. The van der Waals surface area contributed by atoms with Gasteiger partial charge in [0.25, 0.3) is 0 Å². The lowest BCUT2D eigenvalue weighted by Gasteiger charge is -2.26. The number of nitrogens with two attached hydrogens (primary N) is 3. The normalized spacial score (nSPS) is 14.7. The molecule has 4 rings (SSSR count). The van der Waals surface area contributed by atoms with Crippen molar-refractivity contribution in [3.63, 3.8) is 0 Å². The first-order valence-electron chi connectivity index (χ1n) is 13.2. The summed E-state index contributed by atoms with van der Waals surface area (Å²) in [7, 11) is 0. The molecular formula is C27H37F2N9O. The highest BCUT2D eigenvalue weighted by molar-refractivity contribution is 6.12. The van der Waals surface area contributed by atoms with Crippen molar-refractivity contribution in [1.29, 1.82) is 0 Å². The summed E-state index contributed by atoms with van der Waals surface area (Å²) in [5.41, 5.74) is 7.57. The first-order valence-corrected chi connectivity index (χ1v) is 13.2. The summed E-state index contributed by atoms with van der Waals surface area (Å²) in [5, 5.41) is 8.98. The average molecular weight is 542 g/mol. The Morgan fingerprint density at radius 1 is 1.10 bits per heavy atom. The van der Waals surface area contributed by atoms with Crippen LogP contribution in [0.2, 0.25) is 0 Å². The number of pyridine rings is 1. The van der Waals surface area contributed by atoms with Crippen molar-refractivity contribution in [3.05, 3.63) is 54.0 Å². The van der Waals surface area contributed by atoms with Crippen LogP contribution in [-0.4, -0.2) is 51.7 Å². The standard InChI is InChI=1S/C27H37F2N9O/c1-18(2)8-11-37-17-20(16-34-37)19-14-21(26(30)33-15-19)27(35-31)38(32)22-6-7-23(25(29)24(22)28)39-13-12-36-9-4-3-5-10-36/h6-7,14-18H,3-5,8-13,31-32H2,1-2H3,(H2,30,33)/b35-27-. The molecule has 3 heterocycles. The predicted molar refractivity (Wildman–Crippen MR) is 149 cm³/mol. The van der Waals surface area contributed by atoms with Crippen LogP contribution in [0.15, 0.2) is 41.9 Å². The van der Waals surface area contributed by atoms with E-state index in [1.165, 1.54) is 18.6 Å². The molecule has 1 fully saturated rings. The predicted octanol–water partition coefficient (Wildman–Crippen LogP) is 3.72. The van der Waals surface area contributed by atoms with E-state index in [-0.39, 0.29) is 35.3 Å². The third-order valence-corrected chi connectivity index (χ3v) is 6.81. The maximum atomic E-state index is 15.1. The molecule has 0 atom stereocenters. The highest BCUT2D eigenvalue weighted by Gasteiger charge is 2.24. The number of hydrazone groups is 1. The molecule has 0 aliphatic carbocycles. The van der Waals surface area contributed by atoms with E-state index in [0.717, 1.165) is 49.5 Å². The third kappa shape index (κ3) is 6.82. The molecule has 12 heteroatoms. The van der Waals surface area contributed by atoms with E-state index in [4.69, 9.17) is 22.2 Å². The van der Waals surface area contributed by atoms with Gasteiger partial charge in [-0.1, -0.05) is 20.3 Å². The fraction of sp³-hybridized carbons (Fsp3) is 0.444. The largest absolute Gasteiger partial charge is 0.489 e. The number of rotatable bonds is 10. The Balaban J connectivity index is 1.51. The summed E-state index contributed by atoms with van der Waals surface area (Å²) >= 11 is 0. The first-order chi connectivity index (χ1) is 18.8. The molecule has 1 aliphatic heterocycles. The van der Waals surface area contributed by atoms with Crippen molar-refractivity contribution < 1.29 is 13.5 Å². The molecule has 0 bridgehead atoms. The zero-order chi connectivity index (χ0) is 27.9. The van der Waals surface area contributed by atoms with Crippen LogP contribution < -0.4 is 27.2 Å².